The van der Waals surface area contributed by atoms with Crippen molar-refractivity contribution in [2.24, 2.45) is 0 Å². The second-order valence-corrected chi connectivity index (χ2v) is 11.4. The molecule has 40 heavy (non-hydrogen) atoms. The molecule has 1 amide bonds. The first-order valence-corrected chi connectivity index (χ1v) is 14.3. The van der Waals surface area contributed by atoms with Crippen LogP contribution in [0.1, 0.15) is 52.7 Å². The maximum absolute atomic E-state index is 13.7. The van der Waals surface area contributed by atoms with Crippen LogP contribution in [-0.4, -0.2) is 53.7 Å². The van der Waals surface area contributed by atoms with Gasteiger partial charge in [-0.05, 0) is 98.4 Å². The number of rotatable bonds is 4. The van der Waals surface area contributed by atoms with Gasteiger partial charge in [-0.1, -0.05) is 36.3 Å². The minimum Gasteiger partial charge on any atom is -0.492 e. The lowest BCUT2D eigenvalue weighted by molar-refractivity contribution is 0.0989. The first-order valence-electron chi connectivity index (χ1n) is 14.3. The molecule has 0 aliphatic carbocycles. The molecular formula is C33H34N4O3. The van der Waals surface area contributed by atoms with Crippen LogP contribution in [0.15, 0.2) is 59.1 Å². The van der Waals surface area contributed by atoms with Crippen molar-refractivity contribution in [3.63, 3.8) is 0 Å². The van der Waals surface area contributed by atoms with E-state index in [1.165, 1.54) is 11.1 Å². The summed E-state index contributed by atoms with van der Waals surface area (Å²) in [5, 5.41) is 4.03. The van der Waals surface area contributed by atoms with Crippen LogP contribution < -0.4 is 9.64 Å². The fourth-order valence-corrected chi connectivity index (χ4v) is 6.66. The Morgan fingerprint density at radius 2 is 1.75 bits per heavy atom. The van der Waals surface area contributed by atoms with Gasteiger partial charge in [0.2, 0.25) is 11.7 Å². The van der Waals surface area contributed by atoms with Crippen molar-refractivity contribution >= 4 is 11.6 Å². The Hall–Kier alpha value is -3.97. The third-order valence-electron chi connectivity index (χ3n) is 9.11. The molecule has 7 nitrogen and oxygen atoms in total. The number of aromatic nitrogens is 2. The second-order valence-electron chi connectivity index (χ2n) is 11.4. The van der Waals surface area contributed by atoms with Crippen LogP contribution in [0.4, 0.5) is 5.69 Å². The summed E-state index contributed by atoms with van der Waals surface area (Å²) >= 11 is 0. The summed E-state index contributed by atoms with van der Waals surface area (Å²) in [6.45, 7) is 10.9. The number of amides is 1. The van der Waals surface area contributed by atoms with Gasteiger partial charge in [0, 0.05) is 41.3 Å². The molecule has 1 saturated heterocycles. The van der Waals surface area contributed by atoms with E-state index in [1.54, 1.807) is 6.92 Å². The first-order chi connectivity index (χ1) is 19.4. The third kappa shape index (κ3) is 4.11. The summed E-state index contributed by atoms with van der Waals surface area (Å²) in [5.41, 5.74) is 8.56. The van der Waals surface area contributed by atoms with E-state index >= 15 is 0 Å². The van der Waals surface area contributed by atoms with Crippen molar-refractivity contribution in [3.8, 4) is 28.3 Å². The first kappa shape index (κ1) is 25.0. The van der Waals surface area contributed by atoms with Crippen LogP contribution in [0.2, 0.25) is 0 Å². The average Bonchev–Trinajstić information content (AvgIpc) is 3.70. The van der Waals surface area contributed by atoms with Gasteiger partial charge in [0.25, 0.3) is 5.91 Å². The molecule has 1 fully saturated rings. The Labute approximate surface area is 234 Å². The monoisotopic (exact) mass is 534 g/mol. The lowest BCUT2D eigenvalue weighted by atomic mass is 9.74. The molecule has 0 unspecified atom stereocenters. The number of ether oxygens (including phenoxy) is 1. The summed E-state index contributed by atoms with van der Waals surface area (Å²) in [7, 11) is 0. The zero-order valence-corrected chi connectivity index (χ0v) is 23.4. The van der Waals surface area contributed by atoms with E-state index in [9.17, 15) is 4.79 Å². The van der Waals surface area contributed by atoms with Crippen molar-refractivity contribution in [1.29, 1.82) is 0 Å². The zero-order chi connectivity index (χ0) is 27.4. The van der Waals surface area contributed by atoms with Gasteiger partial charge in [0.1, 0.15) is 5.75 Å². The summed E-state index contributed by atoms with van der Waals surface area (Å²) < 4.78 is 11.4. The highest BCUT2D eigenvalue weighted by Crippen LogP contribution is 2.49. The molecule has 0 radical (unpaired) electrons. The van der Waals surface area contributed by atoms with E-state index in [4.69, 9.17) is 9.26 Å². The van der Waals surface area contributed by atoms with Crippen LogP contribution >= 0.6 is 0 Å². The highest BCUT2D eigenvalue weighted by Gasteiger charge is 2.44. The summed E-state index contributed by atoms with van der Waals surface area (Å²) in [5.74, 6) is 2.22. The van der Waals surface area contributed by atoms with E-state index in [1.807, 2.05) is 35.2 Å². The van der Waals surface area contributed by atoms with E-state index in [0.29, 0.717) is 23.8 Å². The molecule has 0 saturated carbocycles. The summed E-state index contributed by atoms with van der Waals surface area (Å²) in [4.78, 5) is 22.6. The van der Waals surface area contributed by atoms with Gasteiger partial charge in [-0.2, -0.15) is 4.98 Å². The number of benzene rings is 3. The number of fused-ring (bicyclic) bond motifs is 3. The highest BCUT2D eigenvalue weighted by molar-refractivity contribution is 6.07. The molecule has 1 spiro atoms. The maximum Gasteiger partial charge on any atom is 0.258 e. The molecule has 0 bridgehead atoms. The fraction of sp³-hybridized carbons (Fsp3) is 0.364. The molecule has 3 aromatic carbocycles. The number of hydrogen-bond acceptors (Lipinski definition) is 6. The van der Waals surface area contributed by atoms with Gasteiger partial charge in [-0.25, -0.2) is 0 Å². The zero-order valence-electron chi connectivity index (χ0n) is 23.4. The number of carbonyl (C=O) groups is 1. The van der Waals surface area contributed by atoms with Crippen molar-refractivity contribution in [3.05, 3.63) is 82.7 Å². The lowest BCUT2D eigenvalue weighted by Crippen LogP contribution is -2.43. The number of likely N-dealkylation sites (tertiary alicyclic amines) is 1. The van der Waals surface area contributed by atoms with E-state index in [-0.39, 0.29) is 11.3 Å². The van der Waals surface area contributed by atoms with Gasteiger partial charge < -0.3 is 19.1 Å². The Morgan fingerprint density at radius 3 is 2.45 bits per heavy atom. The van der Waals surface area contributed by atoms with Gasteiger partial charge in [-0.3, -0.25) is 4.79 Å². The van der Waals surface area contributed by atoms with Gasteiger partial charge in [0.05, 0.1) is 6.61 Å². The van der Waals surface area contributed by atoms with Crippen LogP contribution in [0.3, 0.4) is 0 Å². The van der Waals surface area contributed by atoms with Crippen LogP contribution in [0.25, 0.3) is 22.5 Å². The molecule has 204 valence electrons. The van der Waals surface area contributed by atoms with Crippen LogP contribution in [0.5, 0.6) is 5.75 Å². The molecule has 7 rings (SSSR count). The molecule has 7 heteroatoms. The molecular weight excluding hydrogens is 500 g/mol. The fourth-order valence-electron chi connectivity index (χ4n) is 6.66. The Bertz CT molecular complexity index is 1600. The van der Waals surface area contributed by atoms with Crippen molar-refractivity contribution in [2.45, 2.75) is 45.4 Å². The smallest absolute Gasteiger partial charge is 0.258 e. The predicted octanol–water partition coefficient (Wildman–Crippen LogP) is 5.97. The van der Waals surface area contributed by atoms with Crippen molar-refractivity contribution in [1.82, 2.24) is 15.0 Å². The van der Waals surface area contributed by atoms with E-state index in [2.05, 4.69) is 53.2 Å². The standard InChI is InChI=1S/C33H34N4O3/c1-4-36-15-12-33(13-16-36)20-39-30-18-25-11-14-37(29(25)19-28(30)33)32(38)24-7-5-23(6-8-24)27-10-9-26(17-21(27)2)31-34-22(3)40-35-31/h5-10,17-19H,4,11-16,20H2,1-3H3. The number of hydrogen-bond donors (Lipinski definition) is 0. The van der Waals surface area contributed by atoms with Gasteiger partial charge in [0.15, 0.2) is 0 Å². The molecule has 0 atom stereocenters. The largest absolute Gasteiger partial charge is 0.492 e. The predicted molar refractivity (Wildman–Crippen MR) is 155 cm³/mol. The number of nitrogens with zero attached hydrogens (tertiary/aromatic N) is 4. The molecule has 4 aromatic rings. The lowest BCUT2D eigenvalue weighted by Gasteiger charge is -2.38. The van der Waals surface area contributed by atoms with Crippen molar-refractivity contribution < 1.29 is 14.1 Å². The molecule has 0 N–H and O–H groups in total. The quantitative estimate of drug-likeness (QED) is 0.321. The minimum atomic E-state index is 0.0542. The maximum atomic E-state index is 13.7. The average molecular weight is 535 g/mol. The number of carbonyl (C=O) groups excluding carboxylic acids is 1. The second kappa shape index (κ2) is 9.59. The normalized spacial score (nSPS) is 17.6. The Morgan fingerprint density at radius 1 is 0.975 bits per heavy atom. The number of anilines is 1. The molecule has 3 aliphatic heterocycles. The van der Waals surface area contributed by atoms with Crippen LogP contribution in [0, 0.1) is 13.8 Å². The van der Waals surface area contributed by atoms with Gasteiger partial charge >= 0.3 is 0 Å². The Balaban J connectivity index is 1.12. The molecule has 3 aliphatic rings. The van der Waals surface area contributed by atoms with Crippen LogP contribution in [-0.2, 0) is 11.8 Å². The number of aryl methyl sites for hydroxylation is 2. The topological polar surface area (TPSA) is 71.7 Å². The Kier molecular flexibility index (Phi) is 6.00. The van der Waals surface area contributed by atoms with E-state index < -0.39 is 0 Å². The van der Waals surface area contributed by atoms with E-state index in [0.717, 1.165) is 79.2 Å². The summed E-state index contributed by atoms with van der Waals surface area (Å²) in [6.07, 6.45) is 3.08. The molecule has 4 heterocycles. The summed E-state index contributed by atoms with van der Waals surface area (Å²) in [6, 6.07) is 18.6. The minimum absolute atomic E-state index is 0.0542. The van der Waals surface area contributed by atoms with Crippen molar-refractivity contribution in [2.75, 3.05) is 37.7 Å². The SMILES string of the molecule is CCN1CCC2(CC1)COc1cc3c(cc12)N(C(=O)c1ccc(-c2ccc(-c4noc(C)n4)cc2C)cc1)CC3. The van der Waals surface area contributed by atoms with Gasteiger partial charge in [-0.15, -0.1) is 0 Å². The molecule has 1 aromatic heterocycles. The highest BCUT2D eigenvalue weighted by atomic mass is 16.5. The third-order valence-corrected chi connectivity index (χ3v) is 9.11. The number of piperidine rings is 1.